The molecule has 4 rings (SSSR count). The Bertz CT molecular complexity index is 1430. The normalized spacial score (nSPS) is 16.1. The molecule has 0 spiro atoms. The Hall–Kier alpha value is -4.67. The fourth-order valence-corrected chi connectivity index (χ4v) is 4.68. The Labute approximate surface area is 237 Å². The lowest BCUT2D eigenvalue weighted by atomic mass is 9.94. The van der Waals surface area contributed by atoms with Crippen molar-refractivity contribution in [3.8, 4) is 0 Å². The van der Waals surface area contributed by atoms with E-state index in [4.69, 9.17) is 0 Å². The molecule has 1 aromatic heterocycles. The van der Waals surface area contributed by atoms with E-state index in [1.165, 1.54) is 6.20 Å². The average molecular weight is 559 g/mol. The van der Waals surface area contributed by atoms with Crippen molar-refractivity contribution in [2.45, 2.75) is 51.7 Å². The lowest BCUT2D eigenvalue weighted by molar-refractivity contribution is -0.141. The van der Waals surface area contributed by atoms with E-state index in [1.54, 1.807) is 18.2 Å². The van der Waals surface area contributed by atoms with Gasteiger partial charge in [0, 0.05) is 19.0 Å². The molecule has 2 aromatic carbocycles. The minimum atomic E-state index is -1.25. The van der Waals surface area contributed by atoms with Gasteiger partial charge in [0.25, 0.3) is 11.8 Å². The molecule has 214 valence electrons. The van der Waals surface area contributed by atoms with Crippen LogP contribution in [0.2, 0.25) is 0 Å². The summed E-state index contributed by atoms with van der Waals surface area (Å²) in [7, 11) is 0. The third-order valence-electron chi connectivity index (χ3n) is 6.85. The molecule has 1 aliphatic rings. The van der Waals surface area contributed by atoms with Crippen molar-refractivity contribution in [1.29, 1.82) is 0 Å². The molecule has 2 heterocycles. The lowest BCUT2D eigenvalue weighted by Crippen LogP contribution is -2.54. The number of carbonyl (C=O) groups is 5. The molecule has 0 bridgehead atoms. The number of hydrogen-bond acceptors (Lipinski definition) is 7. The van der Waals surface area contributed by atoms with Crippen LogP contribution in [-0.2, 0) is 25.7 Å². The van der Waals surface area contributed by atoms with Gasteiger partial charge in [-0.05, 0) is 42.9 Å². The first-order chi connectivity index (χ1) is 19.7. The highest BCUT2D eigenvalue weighted by molar-refractivity contribution is 6.38. The predicted molar refractivity (Wildman–Crippen MR) is 151 cm³/mol. The molecule has 11 nitrogen and oxygen atoms in total. The highest BCUT2D eigenvalue weighted by Crippen LogP contribution is 2.18. The molecule has 4 N–H and O–H groups in total. The Balaban J connectivity index is 1.48. The monoisotopic (exact) mass is 558 g/mol. The van der Waals surface area contributed by atoms with Gasteiger partial charge in [0.1, 0.15) is 11.7 Å². The van der Waals surface area contributed by atoms with Crippen molar-refractivity contribution in [1.82, 2.24) is 31.2 Å². The summed E-state index contributed by atoms with van der Waals surface area (Å²) in [5.41, 5.74) is 2.01. The number of nitrogens with zero attached hydrogens (tertiary/aromatic N) is 2. The van der Waals surface area contributed by atoms with Crippen LogP contribution in [0.25, 0.3) is 11.0 Å². The van der Waals surface area contributed by atoms with E-state index in [2.05, 4.69) is 31.2 Å². The topological polar surface area (TPSA) is 159 Å². The molecule has 3 aromatic rings. The quantitative estimate of drug-likeness (QED) is 0.246. The second-order valence-corrected chi connectivity index (χ2v) is 10.5. The van der Waals surface area contributed by atoms with Gasteiger partial charge < -0.3 is 21.3 Å². The van der Waals surface area contributed by atoms with E-state index < -0.39 is 41.5 Å². The Morgan fingerprint density at radius 2 is 1.66 bits per heavy atom. The summed E-state index contributed by atoms with van der Waals surface area (Å²) in [5, 5.41) is 10.7. The number of aromatic nitrogens is 2. The molecule has 3 atom stereocenters. The molecule has 1 unspecified atom stereocenters. The Morgan fingerprint density at radius 1 is 0.951 bits per heavy atom. The van der Waals surface area contributed by atoms with Gasteiger partial charge in [-0.1, -0.05) is 56.3 Å². The van der Waals surface area contributed by atoms with Crippen molar-refractivity contribution in [2.75, 3.05) is 6.54 Å². The van der Waals surface area contributed by atoms with Crippen LogP contribution in [0.3, 0.4) is 0 Å². The van der Waals surface area contributed by atoms with Crippen LogP contribution in [0.5, 0.6) is 0 Å². The Kier molecular flexibility index (Phi) is 9.73. The number of fused-ring (bicyclic) bond motifs is 1. The second kappa shape index (κ2) is 13.6. The number of rotatable bonds is 12. The SMILES string of the molecule is CC(C)C[C@H](NC(=O)c1cnc2ccccc2n1)C(=O)NC(C[C@@H]1CCNC1=O)C(=O)C(=O)NCc1ccccc1. The molecule has 41 heavy (non-hydrogen) atoms. The number of hydrogen-bond donors (Lipinski definition) is 4. The van der Waals surface area contributed by atoms with Gasteiger partial charge in [0.05, 0.1) is 23.3 Å². The summed E-state index contributed by atoms with van der Waals surface area (Å²) < 4.78 is 0. The minimum absolute atomic E-state index is 0.0117. The predicted octanol–water partition coefficient (Wildman–Crippen LogP) is 1.67. The zero-order valence-corrected chi connectivity index (χ0v) is 23.1. The van der Waals surface area contributed by atoms with Crippen LogP contribution in [0, 0.1) is 11.8 Å². The van der Waals surface area contributed by atoms with Gasteiger partial charge in [0.2, 0.25) is 17.6 Å². The molecular weight excluding hydrogens is 524 g/mol. The van der Waals surface area contributed by atoms with Crippen LogP contribution >= 0.6 is 0 Å². The fourth-order valence-electron chi connectivity index (χ4n) is 4.68. The van der Waals surface area contributed by atoms with Gasteiger partial charge in [-0.3, -0.25) is 29.0 Å². The summed E-state index contributed by atoms with van der Waals surface area (Å²) >= 11 is 0. The molecule has 1 aliphatic heterocycles. The zero-order valence-electron chi connectivity index (χ0n) is 23.1. The van der Waals surface area contributed by atoms with Crippen LogP contribution in [0.4, 0.5) is 0 Å². The molecule has 4 amide bonds. The molecule has 1 fully saturated rings. The maximum atomic E-state index is 13.5. The number of carbonyl (C=O) groups excluding carboxylic acids is 5. The van der Waals surface area contributed by atoms with Gasteiger partial charge in [-0.25, -0.2) is 4.98 Å². The largest absolute Gasteiger partial charge is 0.356 e. The third kappa shape index (κ3) is 7.93. The lowest BCUT2D eigenvalue weighted by Gasteiger charge is -2.24. The highest BCUT2D eigenvalue weighted by Gasteiger charge is 2.35. The summed E-state index contributed by atoms with van der Waals surface area (Å²) in [6.45, 7) is 4.38. The van der Waals surface area contributed by atoms with Crippen molar-refractivity contribution in [3.63, 3.8) is 0 Å². The highest BCUT2D eigenvalue weighted by atomic mass is 16.2. The molecule has 0 aliphatic carbocycles. The van der Waals surface area contributed by atoms with E-state index in [0.717, 1.165) is 5.56 Å². The van der Waals surface area contributed by atoms with Gasteiger partial charge >= 0.3 is 0 Å². The van der Waals surface area contributed by atoms with Crippen LogP contribution in [0.15, 0.2) is 60.8 Å². The minimum Gasteiger partial charge on any atom is -0.356 e. The van der Waals surface area contributed by atoms with Crippen molar-refractivity contribution in [3.05, 3.63) is 72.1 Å². The van der Waals surface area contributed by atoms with Crippen molar-refractivity contribution >= 4 is 40.4 Å². The van der Waals surface area contributed by atoms with E-state index >= 15 is 0 Å². The first-order valence-corrected chi connectivity index (χ1v) is 13.7. The second-order valence-electron chi connectivity index (χ2n) is 10.5. The van der Waals surface area contributed by atoms with Gasteiger partial charge in [-0.15, -0.1) is 0 Å². The van der Waals surface area contributed by atoms with Crippen molar-refractivity contribution in [2.24, 2.45) is 11.8 Å². The van der Waals surface area contributed by atoms with Gasteiger partial charge in [-0.2, -0.15) is 0 Å². The van der Waals surface area contributed by atoms with E-state index in [-0.39, 0.29) is 36.9 Å². The molecular formula is C30H34N6O5. The number of Topliss-reactive ketones (excluding diaryl/α,β-unsaturated/α-hetero) is 1. The van der Waals surface area contributed by atoms with Crippen molar-refractivity contribution < 1.29 is 24.0 Å². The smallest absolute Gasteiger partial charge is 0.289 e. The third-order valence-corrected chi connectivity index (χ3v) is 6.85. The number of amides is 4. The van der Waals surface area contributed by atoms with Crippen LogP contribution in [0.1, 0.15) is 49.2 Å². The van der Waals surface area contributed by atoms with Crippen LogP contribution in [-0.4, -0.2) is 58.0 Å². The van der Waals surface area contributed by atoms with Gasteiger partial charge in [0.15, 0.2) is 0 Å². The molecule has 0 radical (unpaired) electrons. The maximum absolute atomic E-state index is 13.5. The number of benzene rings is 2. The average Bonchev–Trinajstić information content (AvgIpc) is 3.38. The van der Waals surface area contributed by atoms with Crippen LogP contribution < -0.4 is 21.3 Å². The zero-order chi connectivity index (χ0) is 29.4. The Morgan fingerprint density at radius 3 is 2.34 bits per heavy atom. The first kappa shape index (κ1) is 29.3. The summed E-state index contributed by atoms with van der Waals surface area (Å²) in [6.07, 6.45) is 2.05. The summed E-state index contributed by atoms with van der Waals surface area (Å²) in [6, 6.07) is 13.9. The summed E-state index contributed by atoms with van der Waals surface area (Å²) in [5.74, 6) is -3.70. The van der Waals surface area contributed by atoms with E-state index in [0.29, 0.717) is 24.0 Å². The number of nitrogens with one attached hydrogen (secondary N) is 4. The molecule has 0 saturated carbocycles. The molecule has 1 saturated heterocycles. The molecule has 11 heteroatoms. The van der Waals surface area contributed by atoms with E-state index in [1.807, 2.05) is 50.2 Å². The maximum Gasteiger partial charge on any atom is 0.289 e. The number of ketones is 1. The standard InChI is InChI=1S/C30H34N6O5/c1-18(2)14-24(36-29(40)25-17-32-21-10-6-7-11-22(21)34-25)28(39)35-23(15-20-12-13-31-27(20)38)26(37)30(41)33-16-19-8-4-3-5-9-19/h3-11,17-18,20,23-24H,12-16H2,1-2H3,(H,31,38)(H,33,41)(H,35,39)(H,36,40)/t20-,23?,24-/m0/s1. The first-order valence-electron chi connectivity index (χ1n) is 13.7. The number of para-hydroxylation sites is 2. The van der Waals surface area contributed by atoms with E-state index in [9.17, 15) is 24.0 Å². The fraction of sp³-hybridized carbons (Fsp3) is 0.367. The summed E-state index contributed by atoms with van der Waals surface area (Å²) in [4.78, 5) is 73.5.